The van der Waals surface area contributed by atoms with Gasteiger partial charge in [0.05, 0.1) is 25.1 Å². The van der Waals surface area contributed by atoms with Crippen LogP contribution in [0.25, 0.3) is 0 Å². The number of hydrogen-bond acceptors (Lipinski definition) is 4. The fraction of sp³-hybridized carbons (Fsp3) is 0.381. The van der Waals surface area contributed by atoms with E-state index in [1.807, 2.05) is 32.0 Å². The van der Waals surface area contributed by atoms with Gasteiger partial charge in [0, 0.05) is 5.02 Å². The van der Waals surface area contributed by atoms with Gasteiger partial charge < -0.3 is 10.1 Å². The monoisotopic (exact) mass is 438 g/mol. The zero-order valence-electron chi connectivity index (χ0n) is 17.3. The van der Waals surface area contributed by atoms with Gasteiger partial charge in [-0.2, -0.15) is 0 Å². The van der Waals surface area contributed by atoms with E-state index in [9.17, 15) is 13.2 Å². The number of amides is 1. The van der Waals surface area contributed by atoms with Crippen molar-refractivity contribution in [3.8, 4) is 5.75 Å². The molecule has 0 radical (unpaired) electrons. The van der Waals surface area contributed by atoms with Crippen LogP contribution in [0.1, 0.15) is 37.4 Å². The van der Waals surface area contributed by atoms with Gasteiger partial charge in [-0.3, -0.25) is 9.10 Å². The van der Waals surface area contributed by atoms with Crippen LogP contribution in [0.5, 0.6) is 5.75 Å². The molecule has 2 atom stereocenters. The number of nitrogens with one attached hydrogen (secondary N) is 1. The summed E-state index contributed by atoms with van der Waals surface area (Å²) in [4.78, 5) is 13.0. The van der Waals surface area contributed by atoms with Gasteiger partial charge in [0.15, 0.2) is 0 Å². The Kier molecular flexibility index (Phi) is 7.54. The van der Waals surface area contributed by atoms with Gasteiger partial charge in [0.25, 0.3) is 0 Å². The number of aryl methyl sites for hydroxylation is 1. The molecule has 2 aromatic carbocycles. The lowest BCUT2D eigenvalue weighted by Crippen LogP contribution is -2.48. The Hall–Kier alpha value is -2.25. The summed E-state index contributed by atoms with van der Waals surface area (Å²) >= 11 is 5.91. The SMILES string of the molecule is CC[C@H](NC(=O)[C@H](C)N(c1ccc(Cl)cc1)S(C)(=O)=O)c1ccc(OC)c(C)c1. The van der Waals surface area contributed by atoms with Gasteiger partial charge in [-0.1, -0.05) is 30.7 Å². The minimum Gasteiger partial charge on any atom is -0.496 e. The number of benzene rings is 2. The predicted octanol–water partition coefficient (Wildman–Crippen LogP) is 4.08. The Balaban J connectivity index is 2.28. The van der Waals surface area contributed by atoms with Crippen LogP contribution in [0.4, 0.5) is 5.69 Å². The fourth-order valence-corrected chi connectivity index (χ4v) is 4.53. The Morgan fingerprint density at radius 3 is 2.31 bits per heavy atom. The van der Waals surface area contributed by atoms with Gasteiger partial charge in [-0.25, -0.2) is 8.42 Å². The second-order valence-corrected chi connectivity index (χ2v) is 9.21. The zero-order valence-corrected chi connectivity index (χ0v) is 18.8. The van der Waals surface area contributed by atoms with E-state index in [0.29, 0.717) is 17.1 Å². The van der Waals surface area contributed by atoms with Crippen molar-refractivity contribution >= 4 is 33.2 Å². The normalized spacial score (nSPS) is 13.4. The number of methoxy groups -OCH3 is 1. The van der Waals surface area contributed by atoms with Gasteiger partial charge in [0.2, 0.25) is 15.9 Å². The summed E-state index contributed by atoms with van der Waals surface area (Å²) in [5, 5.41) is 3.46. The molecule has 0 spiro atoms. The molecule has 0 saturated heterocycles. The summed E-state index contributed by atoms with van der Waals surface area (Å²) in [6, 6.07) is 10.9. The van der Waals surface area contributed by atoms with Crippen LogP contribution in [0.3, 0.4) is 0 Å². The van der Waals surface area contributed by atoms with Gasteiger partial charge >= 0.3 is 0 Å². The standard InChI is InChI=1S/C21H27ClN2O4S/c1-6-19(16-7-12-20(28-4)14(2)13-16)23-21(25)15(3)24(29(5,26)27)18-10-8-17(22)9-11-18/h7-13,15,19H,6H2,1-5H3,(H,23,25)/t15-,19-/m0/s1. The van der Waals surface area contributed by atoms with Crippen molar-refractivity contribution in [3.05, 3.63) is 58.6 Å². The number of anilines is 1. The molecule has 1 amide bonds. The van der Waals surface area contributed by atoms with Crippen molar-refractivity contribution in [3.63, 3.8) is 0 Å². The highest BCUT2D eigenvalue weighted by molar-refractivity contribution is 7.92. The number of halogens is 1. The van der Waals surface area contributed by atoms with E-state index in [4.69, 9.17) is 16.3 Å². The first kappa shape index (κ1) is 23.0. The van der Waals surface area contributed by atoms with Crippen molar-refractivity contribution < 1.29 is 17.9 Å². The summed E-state index contributed by atoms with van der Waals surface area (Å²) in [6.07, 6.45) is 1.74. The van der Waals surface area contributed by atoms with E-state index in [1.54, 1.807) is 38.3 Å². The average Bonchev–Trinajstić information content (AvgIpc) is 2.66. The molecule has 2 aromatic rings. The Morgan fingerprint density at radius 1 is 1.21 bits per heavy atom. The Bertz CT molecular complexity index is 961. The number of sulfonamides is 1. The zero-order chi connectivity index (χ0) is 21.8. The minimum atomic E-state index is -3.69. The first-order valence-electron chi connectivity index (χ1n) is 9.28. The molecule has 0 aromatic heterocycles. The lowest BCUT2D eigenvalue weighted by atomic mass is 10.0. The second kappa shape index (κ2) is 9.50. The van der Waals surface area contributed by atoms with Crippen LogP contribution >= 0.6 is 11.6 Å². The molecule has 158 valence electrons. The van der Waals surface area contributed by atoms with E-state index in [0.717, 1.165) is 27.4 Å². The summed E-state index contributed by atoms with van der Waals surface area (Å²) in [7, 11) is -2.07. The van der Waals surface area contributed by atoms with Crippen molar-refractivity contribution in [2.45, 2.75) is 39.3 Å². The molecule has 0 bridgehead atoms. The number of nitrogens with zero attached hydrogens (tertiary/aromatic N) is 1. The molecule has 0 fully saturated rings. The molecule has 1 N–H and O–H groups in total. The number of carbonyl (C=O) groups is 1. The highest BCUT2D eigenvalue weighted by atomic mass is 35.5. The quantitative estimate of drug-likeness (QED) is 0.673. The van der Waals surface area contributed by atoms with Gasteiger partial charge in [0.1, 0.15) is 11.8 Å². The largest absolute Gasteiger partial charge is 0.496 e. The highest BCUT2D eigenvalue weighted by Gasteiger charge is 2.30. The molecule has 8 heteroatoms. The van der Waals surface area contributed by atoms with E-state index < -0.39 is 16.1 Å². The van der Waals surface area contributed by atoms with Crippen LogP contribution in [0.15, 0.2) is 42.5 Å². The molecule has 0 heterocycles. The molecule has 2 rings (SSSR count). The summed E-state index contributed by atoms with van der Waals surface area (Å²) in [5.41, 5.74) is 2.28. The van der Waals surface area contributed by atoms with Crippen LogP contribution < -0.4 is 14.4 Å². The van der Waals surface area contributed by atoms with Crippen LogP contribution in [-0.2, 0) is 14.8 Å². The van der Waals surface area contributed by atoms with Gasteiger partial charge in [-0.05, 0) is 61.7 Å². The van der Waals surface area contributed by atoms with Crippen LogP contribution in [0, 0.1) is 6.92 Å². The summed E-state index contributed by atoms with van der Waals surface area (Å²) in [5.74, 6) is 0.389. The Labute approximate surface area is 177 Å². The average molecular weight is 439 g/mol. The third kappa shape index (κ3) is 5.64. The molecule has 0 aliphatic carbocycles. The highest BCUT2D eigenvalue weighted by Crippen LogP contribution is 2.26. The molecule has 0 aliphatic rings. The smallest absolute Gasteiger partial charge is 0.244 e. The van der Waals surface area contributed by atoms with Crippen molar-refractivity contribution in [2.75, 3.05) is 17.7 Å². The van der Waals surface area contributed by atoms with Crippen LogP contribution in [0.2, 0.25) is 5.02 Å². The van der Waals surface area contributed by atoms with Crippen molar-refractivity contribution in [2.24, 2.45) is 0 Å². The third-order valence-electron chi connectivity index (χ3n) is 4.72. The van der Waals surface area contributed by atoms with Crippen molar-refractivity contribution in [1.29, 1.82) is 0 Å². The molecule has 0 unspecified atom stereocenters. The van der Waals surface area contributed by atoms with E-state index >= 15 is 0 Å². The number of hydrogen-bond donors (Lipinski definition) is 1. The van der Waals surface area contributed by atoms with E-state index in [1.165, 1.54) is 0 Å². The number of carbonyl (C=O) groups excluding carboxylic acids is 1. The lowest BCUT2D eigenvalue weighted by Gasteiger charge is -2.30. The number of ether oxygens (including phenoxy) is 1. The Morgan fingerprint density at radius 2 is 1.83 bits per heavy atom. The molecule has 6 nitrogen and oxygen atoms in total. The van der Waals surface area contributed by atoms with E-state index in [2.05, 4.69) is 5.32 Å². The number of rotatable bonds is 8. The summed E-state index contributed by atoms with van der Waals surface area (Å²) in [6.45, 7) is 5.46. The molecule has 0 aliphatic heterocycles. The van der Waals surface area contributed by atoms with E-state index in [-0.39, 0.29) is 11.9 Å². The second-order valence-electron chi connectivity index (χ2n) is 6.91. The van der Waals surface area contributed by atoms with Gasteiger partial charge in [-0.15, -0.1) is 0 Å². The predicted molar refractivity (Wildman–Crippen MR) is 117 cm³/mol. The minimum absolute atomic E-state index is 0.249. The maximum absolute atomic E-state index is 13.0. The maximum atomic E-state index is 13.0. The van der Waals surface area contributed by atoms with Crippen LogP contribution in [-0.4, -0.2) is 33.7 Å². The topological polar surface area (TPSA) is 75.7 Å². The maximum Gasteiger partial charge on any atom is 0.244 e. The first-order chi connectivity index (χ1) is 13.6. The molecular formula is C21H27ClN2O4S. The first-order valence-corrected chi connectivity index (χ1v) is 11.5. The fourth-order valence-electron chi connectivity index (χ4n) is 3.23. The molecule has 29 heavy (non-hydrogen) atoms. The lowest BCUT2D eigenvalue weighted by molar-refractivity contribution is -0.122. The van der Waals surface area contributed by atoms with Crippen molar-refractivity contribution in [1.82, 2.24) is 5.32 Å². The third-order valence-corrected chi connectivity index (χ3v) is 6.21. The summed E-state index contributed by atoms with van der Waals surface area (Å²) < 4.78 is 31.2. The molecule has 0 saturated carbocycles. The molecular weight excluding hydrogens is 412 g/mol.